The molecule has 144 heavy (non-hydrogen) atoms. The number of hydrogen-bond acceptors (Lipinski definition) is 25. The third kappa shape index (κ3) is 20.5. The Morgan fingerprint density at radius 2 is 0.778 bits per heavy atom. The highest BCUT2D eigenvalue weighted by Gasteiger charge is 2.31. The van der Waals surface area contributed by atoms with Crippen LogP contribution < -0.4 is 0 Å². The first-order valence-corrected chi connectivity index (χ1v) is 47.8. The zero-order chi connectivity index (χ0) is 100. The van der Waals surface area contributed by atoms with E-state index in [2.05, 4.69) is 193 Å². The van der Waals surface area contributed by atoms with Gasteiger partial charge in [0.05, 0.1) is 155 Å². The first-order chi connectivity index (χ1) is 69.6. The summed E-state index contributed by atoms with van der Waals surface area (Å²) in [5.41, 5.74) is 32.2. The van der Waals surface area contributed by atoms with Crippen LogP contribution in [-0.4, -0.2) is 142 Å². The Kier molecular flexibility index (Phi) is 27.7. The van der Waals surface area contributed by atoms with E-state index in [1.807, 2.05) is 218 Å². The average molecular weight is 2150 g/mol. The number of nitrogens with zero attached hydrogens (tertiary/aromatic N) is 25. The topological polar surface area (TPSA) is 359 Å². The number of aryl methyl sites for hydroxylation is 11. The van der Waals surface area contributed by atoms with E-state index in [0.717, 1.165) is 225 Å². The number of alkyl halides is 3. The lowest BCUT2D eigenvalue weighted by molar-refractivity contribution is -0.142. The van der Waals surface area contributed by atoms with Crippen LogP contribution in [0.5, 0.6) is 0 Å². The van der Waals surface area contributed by atoms with Crippen LogP contribution in [0.2, 0.25) is 0 Å². The molecule has 0 amide bonds. The van der Waals surface area contributed by atoms with Gasteiger partial charge in [-0.3, -0.25) is 49.2 Å². The third-order valence-corrected chi connectivity index (χ3v) is 26.2. The minimum Gasteiger partial charge on any atom is -0.469 e. The van der Waals surface area contributed by atoms with Crippen LogP contribution in [0.3, 0.4) is 0 Å². The molecule has 0 bridgehead atoms. The van der Waals surface area contributed by atoms with Gasteiger partial charge in [0.1, 0.15) is 58.0 Å². The summed E-state index contributed by atoms with van der Waals surface area (Å²) in [4.78, 5) is 66.3. The van der Waals surface area contributed by atoms with E-state index >= 15 is 0 Å². The number of carbonyl (C=O) groups excluding carboxylic acids is 1. The Hall–Kier alpha value is -16.5. The number of esters is 1. The Morgan fingerprint density at radius 1 is 0.389 bits per heavy atom. The van der Waals surface area contributed by atoms with Gasteiger partial charge in [0.15, 0.2) is 0 Å². The molecule has 722 valence electrons. The highest BCUT2D eigenvalue weighted by molar-refractivity contribution is 14.1. The van der Waals surface area contributed by atoms with Crippen molar-refractivity contribution in [3.8, 4) is 89.0 Å². The molecule has 22 heterocycles. The SMILES string of the molecule is COC(=O)c1ccc(-c2cn(Cc3ccccn3)c3cc(-c4c(C)noc4C)cnc23)cc1.Cc1coc(C)c1-c1cnc2c(-c3cnn(CC(F)(F)F)c3)cn(C(C)c3ccccn3)c2c1.Cc1noc(C)c1-c1cnc2c(-c3cnn(C)c3)cn(Cc3ncccn3)c2c1.Cc1noc(C)c1-c1cnc2c(I)cn(Cc3ccccn3)c2c1.Cc1noc(C)c1-c1cnc2c(I)cn(Cc3ncccn3)c2c1. The molecule has 0 saturated heterocycles. The molecule has 22 aromatic heterocycles. The van der Waals surface area contributed by atoms with Gasteiger partial charge in [-0.05, 0) is 223 Å². The van der Waals surface area contributed by atoms with E-state index in [0.29, 0.717) is 48.4 Å². The minimum absolute atomic E-state index is 0.133. The van der Waals surface area contributed by atoms with Crippen molar-refractivity contribution >= 4 is 106 Å². The number of methoxy groups -OCH3 is 1. The summed E-state index contributed by atoms with van der Waals surface area (Å²) in [6.45, 7) is 22.7. The predicted molar refractivity (Wildman–Crippen MR) is 554 cm³/mol. The number of benzene rings is 1. The molecule has 0 aliphatic rings. The summed E-state index contributed by atoms with van der Waals surface area (Å²) < 4.78 is 85.8. The fraction of sp³-hybridized carbons (Fsp3) is 0.187. The molecule has 37 heteroatoms. The van der Waals surface area contributed by atoms with Crippen LogP contribution in [0, 0.1) is 76.4 Å². The summed E-state index contributed by atoms with van der Waals surface area (Å²) in [5.74, 6) is 5.10. The van der Waals surface area contributed by atoms with Crippen molar-refractivity contribution in [1.82, 2.24) is 123 Å². The van der Waals surface area contributed by atoms with Crippen molar-refractivity contribution in [2.75, 3.05) is 7.11 Å². The minimum atomic E-state index is -4.35. The van der Waals surface area contributed by atoms with E-state index < -0.39 is 12.7 Å². The van der Waals surface area contributed by atoms with Crippen molar-refractivity contribution in [2.24, 2.45) is 7.05 Å². The lowest BCUT2D eigenvalue weighted by atomic mass is 10.0. The molecule has 1 unspecified atom stereocenters. The number of pyridine rings is 8. The Morgan fingerprint density at radius 3 is 1.19 bits per heavy atom. The maximum Gasteiger partial charge on any atom is 0.408 e. The maximum atomic E-state index is 12.9. The van der Waals surface area contributed by atoms with Gasteiger partial charge in [-0.25, -0.2) is 24.7 Å². The Balaban J connectivity index is 0.000000115. The van der Waals surface area contributed by atoms with Crippen LogP contribution >= 0.6 is 45.2 Å². The van der Waals surface area contributed by atoms with Crippen molar-refractivity contribution < 1.29 is 45.2 Å². The molecule has 0 fully saturated rings. The smallest absolute Gasteiger partial charge is 0.408 e. The number of rotatable bonds is 20. The maximum absolute atomic E-state index is 12.9. The molecular formula is C107H92F3I2N25O7. The van der Waals surface area contributed by atoms with Crippen LogP contribution in [0.15, 0.2) is 280 Å². The van der Waals surface area contributed by atoms with Gasteiger partial charge < -0.3 is 50.1 Å². The zero-order valence-corrected chi connectivity index (χ0v) is 84.6. The number of furan rings is 1. The lowest BCUT2D eigenvalue weighted by Gasteiger charge is -2.15. The van der Waals surface area contributed by atoms with Gasteiger partial charge in [0.25, 0.3) is 0 Å². The first kappa shape index (κ1) is 96.4. The number of halogens is 5. The lowest BCUT2D eigenvalue weighted by Crippen LogP contribution is -2.17. The highest BCUT2D eigenvalue weighted by atomic mass is 127. The van der Waals surface area contributed by atoms with Gasteiger partial charge >= 0.3 is 12.1 Å². The van der Waals surface area contributed by atoms with Crippen molar-refractivity contribution in [2.45, 2.75) is 121 Å². The molecule has 1 aromatic carbocycles. The normalized spacial score (nSPS) is 11.7. The van der Waals surface area contributed by atoms with E-state index in [1.165, 1.54) is 19.5 Å². The molecule has 0 radical (unpaired) electrons. The fourth-order valence-corrected chi connectivity index (χ4v) is 19.4. The number of aromatic nitrogens is 25. The fourth-order valence-electron chi connectivity index (χ4n) is 17.9. The largest absolute Gasteiger partial charge is 0.469 e. The summed E-state index contributed by atoms with van der Waals surface area (Å²) in [7, 11) is 3.28. The van der Waals surface area contributed by atoms with Gasteiger partial charge in [-0.15, -0.1) is 0 Å². The molecule has 0 spiro atoms. The summed E-state index contributed by atoms with van der Waals surface area (Å²) in [6.07, 6.45) is 35.9. The molecule has 0 N–H and O–H groups in total. The molecular weight excluding hydrogens is 2060 g/mol. The van der Waals surface area contributed by atoms with Crippen molar-refractivity contribution in [3.05, 3.63) is 356 Å². The summed E-state index contributed by atoms with van der Waals surface area (Å²) in [5, 5.41) is 24.5. The summed E-state index contributed by atoms with van der Waals surface area (Å²) >= 11 is 4.63. The average Bonchev–Trinajstić information content (AvgIpc) is 1.60. The second-order valence-corrected chi connectivity index (χ2v) is 36.8. The second-order valence-electron chi connectivity index (χ2n) is 34.5. The van der Waals surface area contributed by atoms with Crippen LogP contribution in [-0.2, 0) is 44.5 Å². The molecule has 0 aliphatic heterocycles. The number of ether oxygens (including phenoxy) is 1. The second kappa shape index (κ2) is 41.4. The monoisotopic (exact) mass is 2150 g/mol. The molecule has 32 nitrogen and oxygen atoms in total. The Bertz CT molecular complexity index is 8310. The zero-order valence-electron chi connectivity index (χ0n) is 80.3. The van der Waals surface area contributed by atoms with Crippen LogP contribution in [0.4, 0.5) is 13.2 Å². The molecule has 1 atom stereocenters. The van der Waals surface area contributed by atoms with Gasteiger partial charge in [-0.2, -0.15) is 23.4 Å². The van der Waals surface area contributed by atoms with Crippen molar-refractivity contribution in [3.63, 3.8) is 0 Å². The number of hydrogen-bond donors (Lipinski definition) is 0. The van der Waals surface area contributed by atoms with Gasteiger partial charge in [0.2, 0.25) is 0 Å². The van der Waals surface area contributed by atoms with Gasteiger partial charge in [0, 0.05) is 208 Å². The molecule has 23 rings (SSSR count). The molecule has 0 aliphatic carbocycles. The predicted octanol–water partition coefficient (Wildman–Crippen LogP) is 23.2. The van der Waals surface area contributed by atoms with Gasteiger partial charge in [-0.1, -0.05) is 51.0 Å². The standard InChI is InChI=1S/C26H22N4O3.C25H22F3N5O.C21H19N7O.C18H15IN4O.C17H14IN5O/c1-16-24(17(2)33-29-16)20-12-23-25(28-13-20)22(15-30(23)14-21-6-4-5-11-27-21)18-7-9-19(10-8-18)26(31)32-3;1-15-13-34-17(3)23(15)18-8-22-24(30-9-18)20(19-10-31-32(11-19)14-25(26,27)28)12-33(22)16(2)21-6-4-5-7-29-21;1-13-20(14(2)29-26-13)15-7-18-21(24-8-15)17(16-9-25-27(3)10-16)11-28(18)12-19-22-5-4-6-23-19;1-11-17(12(2)24-22-11)13-7-16-18(21-8-13)15(19)10-23(16)9-14-5-3-4-6-20-14;1-10-16(11(2)24-22-10)12-6-14-17(21-7-12)13(18)8-23(14)9-15-19-4-3-5-20-15/h4-13,15H,14H2,1-3H3;4-13,16H,14H2,1-3H3;4-11H,12H2,1-3H3;3-8,10H,9H2,1-2H3;3-8H,9H2,1-2H3. The number of carbonyl (C=O) groups is 1. The van der Waals surface area contributed by atoms with E-state index in [4.69, 9.17) is 42.2 Å². The van der Waals surface area contributed by atoms with Crippen LogP contribution in [0.25, 0.3) is 144 Å². The highest BCUT2D eigenvalue weighted by Crippen LogP contribution is 2.42. The van der Waals surface area contributed by atoms with E-state index in [1.54, 1.807) is 66.5 Å². The van der Waals surface area contributed by atoms with E-state index in [-0.39, 0.29) is 12.0 Å². The van der Waals surface area contributed by atoms with Crippen molar-refractivity contribution in [1.29, 1.82) is 0 Å². The number of fused-ring (bicyclic) bond motifs is 5. The molecule has 0 saturated carbocycles. The van der Waals surface area contributed by atoms with E-state index in [9.17, 15) is 18.0 Å². The Labute approximate surface area is 848 Å². The van der Waals surface area contributed by atoms with Crippen LogP contribution in [0.1, 0.15) is 109 Å². The quantitative estimate of drug-likeness (QED) is 0.0505. The summed E-state index contributed by atoms with van der Waals surface area (Å²) in [6, 6.07) is 39.0. The first-order valence-electron chi connectivity index (χ1n) is 45.7. The third-order valence-electron chi connectivity index (χ3n) is 24.6. The molecule has 23 aromatic rings.